The van der Waals surface area contributed by atoms with Crippen LogP contribution >= 0.6 is 0 Å². The van der Waals surface area contributed by atoms with Gasteiger partial charge in [0, 0.05) is 5.56 Å². The van der Waals surface area contributed by atoms with Crippen molar-refractivity contribution in [1.29, 1.82) is 0 Å². The number of rotatable bonds is 10. The van der Waals surface area contributed by atoms with Gasteiger partial charge in [-0.05, 0) is 42.7 Å². The standard InChI is InChI=1S/C25H31NO6/c1-6-10-26(11-7-2)15-18-19(27)9-8-17-23(28)20(32-24(17)18)12-16-13-21(29-3)25(31-5)22(14-16)30-4/h8-9,12-14,27H,6-7,10-11,15H2,1-5H3/b20-12-. The van der Waals surface area contributed by atoms with E-state index in [2.05, 4.69) is 13.8 Å². The molecule has 0 atom stereocenters. The minimum absolute atomic E-state index is 0.102. The first-order chi connectivity index (χ1) is 15.5. The maximum Gasteiger partial charge on any atom is 0.231 e. The first-order valence-corrected chi connectivity index (χ1v) is 10.9. The van der Waals surface area contributed by atoms with Crippen LogP contribution in [0.25, 0.3) is 6.08 Å². The molecule has 0 spiro atoms. The Kier molecular flexibility index (Phi) is 7.64. The lowest BCUT2D eigenvalue weighted by Crippen LogP contribution is -3.10. The van der Waals surface area contributed by atoms with Crippen molar-refractivity contribution < 1.29 is 33.7 Å². The van der Waals surface area contributed by atoms with Crippen molar-refractivity contribution in [3.8, 4) is 28.7 Å². The van der Waals surface area contributed by atoms with Crippen LogP contribution in [-0.4, -0.2) is 40.2 Å². The van der Waals surface area contributed by atoms with Crippen LogP contribution in [0.15, 0.2) is 30.0 Å². The summed E-state index contributed by atoms with van der Waals surface area (Å²) in [6.45, 7) is 6.70. The predicted octanol–water partition coefficient (Wildman–Crippen LogP) is 2.61. The Morgan fingerprint density at radius 3 is 2.16 bits per heavy atom. The lowest BCUT2D eigenvalue weighted by molar-refractivity contribution is -0.914. The molecule has 172 valence electrons. The number of quaternary nitrogens is 1. The van der Waals surface area contributed by atoms with E-state index in [-0.39, 0.29) is 17.3 Å². The van der Waals surface area contributed by atoms with E-state index in [1.54, 1.807) is 24.3 Å². The van der Waals surface area contributed by atoms with Gasteiger partial charge in [0.15, 0.2) is 17.3 Å². The third-order valence-corrected chi connectivity index (χ3v) is 5.52. The van der Waals surface area contributed by atoms with Crippen LogP contribution < -0.4 is 29.0 Å². The van der Waals surface area contributed by atoms with Gasteiger partial charge in [0.1, 0.15) is 12.3 Å². The molecule has 7 heteroatoms. The Hall–Kier alpha value is -3.19. The molecule has 0 radical (unpaired) electrons. The molecule has 0 fully saturated rings. The molecule has 0 saturated carbocycles. The van der Waals surface area contributed by atoms with Gasteiger partial charge in [-0.2, -0.15) is 0 Å². The van der Waals surface area contributed by atoms with Crippen molar-refractivity contribution in [3.05, 3.63) is 46.7 Å². The van der Waals surface area contributed by atoms with Crippen molar-refractivity contribution in [1.82, 2.24) is 0 Å². The summed E-state index contributed by atoms with van der Waals surface area (Å²) >= 11 is 0. The number of fused-ring (bicyclic) bond motifs is 1. The second-order valence-corrected chi connectivity index (χ2v) is 7.74. The van der Waals surface area contributed by atoms with Gasteiger partial charge in [-0.25, -0.2) is 0 Å². The fraction of sp³-hybridized carbons (Fsp3) is 0.400. The zero-order valence-electron chi connectivity index (χ0n) is 19.4. The molecule has 1 aliphatic rings. The van der Waals surface area contributed by atoms with E-state index >= 15 is 0 Å². The summed E-state index contributed by atoms with van der Waals surface area (Å²) in [4.78, 5) is 14.3. The molecule has 1 N–H and O–H groups in total. The Morgan fingerprint density at radius 1 is 1.00 bits per heavy atom. The zero-order valence-corrected chi connectivity index (χ0v) is 19.4. The van der Waals surface area contributed by atoms with Crippen molar-refractivity contribution in [3.63, 3.8) is 0 Å². The van der Waals surface area contributed by atoms with E-state index in [1.807, 2.05) is 0 Å². The summed E-state index contributed by atoms with van der Waals surface area (Å²) in [6, 6.07) is 6.50. The molecule has 0 aromatic heterocycles. The highest BCUT2D eigenvalue weighted by molar-refractivity contribution is 6.15. The molecule has 2 aromatic carbocycles. The van der Waals surface area contributed by atoms with Crippen molar-refractivity contribution in [2.24, 2.45) is 0 Å². The van der Waals surface area contributed by atoms with Crippen LogP contribution in [0.1, 0.15) is 48.2 Å². The molecule has 0 saturated heterocycles. The summed E-state index contributed by atoms with van der Waals surface area (Å²) in [7, 11) is 4.59. The van der Waals surface area contributed by atoms with E-state index in [1.165, 1.54) is 32.3 Å². The molecule has 0 bridgehead atoms. The fourth-order valence-electron chi connectivity index (χ4n) is 4.05. The van der Waals surface area contributed by atoms with Gasteiger partial charge in [0.25, 0.3) is 0 Å². The average molecular weight is 442 g/mol. The van der Waals surface area contributed by atoms with Gasteiger partial charge in [0.2, 0.25) is 11.5 Å². The summed E-state index contributed by atoms with van der Waals surface area (Å²) in [5, 5.41) is 12.7. The van der Waals surface area contributed by atoms with E-state index in [4.69, 9.17) is 18.9 Å². The fourth-order valence-corrected chi connectivity index (χ4v) is 4.05. The van der Waals surface area contributed by atoms with Gasteiger partial charge in [-0.1, -0.05) is 25.7 Å². The highest BCUT2D eigenvalue weighted by Crippen LogP contribution is 2.41. The zero-order chi connectivity index (χ0) is 23.3. The number of nitrogens with one attached hydrogen (secondary N) is 1. The lowest BCUT2D eigenvalue weighted by atomic mass is 10.0. The van der Waals surface area contributed by atoms with Crippen molar-refractivity contribution in [2.75, 3.05) is 34.4 Å². The number of ether oxygens (including phenoxy) is 4. The molecule has 1 heterocycles. The summed E-state index contributed by atoms with van der Waals surface area (Å²) < 4.78 is 22.1. The molecular formula is C25H31NO6. The number of methoxy groups -OCH3 is 3. The molecule has 0 aliphatic carbocycles. The van der Waals surface area contributed by atoms with Crippen LogP contribution in [0.4, 0.5) is 0 Å². The topological polar surface area (TPSA) is 81.5 Å². The Morgan fingerprint density at radius 2 is 1.62 bits per heavy atom. The molecule has 0 unspecified atom stereocenters. The Labute approximate surface area is 189 Å². The van der Waals surface area contributed by atoms with Crippen LogP contribution in [0, 0.1) is 0 Å². The van der Waals surface area contributed by atoms with Crippen molar-refractivity contribution in [2.45, 2.75) is 33.2 Å². The molecule has 1 aliphatic heterocycles. The number of hydrogen-bond donors (Lipinski definition) is 1. The SMILES string of the molecule is CCC[NH+](CCC)Cc1c([O-])ccc2c1O/C(=C\c1cc(OC)c(OC)c(OC)c1)C2=O. The number of carbonyl (C=O) groups excluding carboxylic acids is 1. The number of allylic oxidation sites excluding steroid dienone is 1. The molecule has 7 nitrogen and oxygen atoms in total. The minimum Gasteiger partial charge on any atom is -0.872 e. The largest absolute Gasteiger partial charge is 0.872 e. The number of ketones is 1. The lowest BCUT2D eigenvalue weighted by Gasteiger charge is -2.23. The first kappa shape index (κ1) is 23.5. The summed E-state index contributed by atoms with van der Waals surface area (Å²) in [5.74, 6) is 1.61. The first-order valence-electron chi connectivity index (χ1n) is 10.9. The van der Waals surface area contributed by atoms with Crippen LogP contribution in [-0.2, 0) is 6.54 Å². The average Bonchev–Trinajstić information content (AvgIpc) is 3.10. The molecule has 3 rings (SSSR count). The quantitative estimate of drug-likeness (QED) is 0.571. The number of Topliss-reactive ketones (excluding diaryl/α,β-unsaturated/α-hetero) is 1. The third kappa shape index (κ3) is 4.67. The van der Waals surface area contributed by atoms with Crippen LogP contribution in [0.3, 0.4) is 0 Å². The van der Waals surface area contributed by atoms with Crippen molar-refractivity contribution >= 4 is 11.9 Å². The number of benzene rings is 2. The van der Waals surface area contributed by atoms with Crippen LogP contribution in [0.5, 0.6) is 28.7 Å². The van der Waals surface area contributed by atoms with Gasteiger partial charge >= 0.3 is 0 Å². The smallest absolute Gasteiger partial charge is 0.231 e. The van der Waals surface area contributed by atoms with E-state index < -0.39 is 0 Å². The number of carbonyl (C=O) groups is 1. The highest BCUT2D eigenvalue weighted by Gasteiger charge is 2.31. The maximum absolute atomic E-state index is 13.0. The monoisotopic (exact) mass is 441 g/mol. The van der Waals surface area contributed by atoms with Gasteiger partial charge in [0.05, 0.1) is 40.0 Å². The Bertz CT molecular complexity index is 983. The molecule has 32 heavy (non-hydrogen) atoms. The van der Waals surface area contributed by atoms with Gasteiger partial charge in [-0.3, -0.25) is 4.79 Å². The van der Waals surface area contributed by atoms with E-state index in [0.29, 0.717) is 46.2 Å². The third-order valence-electron chi connectivity index (χ3n) is 5.52. The molecule has 0 amide bonds. The number of hydrogen-bond acceptors (Lipinski definition) is 6. The minimum atomic E-state index is -0.248. The van der Waals surface area contributed by atoms with Crippen LogP contribution in [0.2, 0.25) is 0 Å². The van der Waals surface area contributed by atoms with E-state index in [9.17, 15) is 9.90 Å². The molecular weight excluding hydrogens is 410 g/mol. The van der Waals surface area contributed by atoms with Gasteiger partial charge < -0.3 is 29.0 Å². The second-order valence-electron chi connectivity index (χ2n) is 7.74. The van der Waals surface area contributed by atoms with Gasteiger partial charge in [-0.15, -0.1) is 0 Å². The molecule has 2 aromatic rings. The van der Waals surface area contributed by atoms with E-state index in [0.717, 1.165) is 25.9 Å². The maximum atomic E-state index is 13.0. The normalized spacial score (nSPS) is 13.9. The Balaban J connectivity index is 1.98. The predicted molar refractivity (Wildman–Crippen MR) is 120 cm³/mol. The second kappa shape index (κ2) is 10.4. The summed E-state index contributed by atoms with van der Waals surface area (Å²) in [5.41, 5.74) is 1.63. The highest BCUT2D eigenvalue weighted by atomic mass is 16.5. The summed E-state index contributed by atoms with van der Waals surface area (Å²) in [6.07, 6.45) is 3.67.